The molecule has 0 atom stereocenters. The van der Waals surface area contributed by atoms with Crippen LogP contribution in [0.25, 0.3) is 11.3 Å². The van der Waals surface area contributed by atoms with Crippen LogP contribution in [0.1, 0.15) is 15.4 Å². The number of ether oxygens (including phenoxy) is 1. The number of benzene rings is 1. The van der Waals surface area contributed by atoms with Crippen LogP contribution in [-0.2, 0) is 4.74 Å². The average molecular weight is 249 g/mol. The lowest BCUT2D eigenvalue weighted by molar-refractivity contribution is 0.0601. The third-order valence-corrected chi connectivity index (χ3v) is 3.09. The third kappa shape index (κ3) is 2.29. The van der Waals surface area contributed by atoms with Gasteiger partial charge in [0.25, 0.3) is 0 Å². The van der Waals surface area contributed by atoms with Gasteiger partial charge in [-0.25, -0.2) is 9.78 Å². The summed E-state index contributed by atoms with van der Waals surface area (Å²) in [4.78, 5) is 15.7. The van der Waals surface area contributed by atoms with Crippen LogP contribution in [0.15, 0.2) is 23.6 Å². The van der Waals surface area contributed by atoms with Crippen molar-refractivity contribution in [2.45, 2.75) is 6.92 Å². The number of hydrogen-bond donors (Lipinski definition) is 1. The molecule has 0 saturated carbocycles. The first-order valence-electron chi connectivity index (χ1n) is 4.95. The van der Waals surface area contributed by atoms with Crippen molar-refractivity contribution in [1.82, 2.24) is 4.98 Å². The summed E-state index contributed by atoms with van der Waals surface area (Å²) in [6.45, 7) is 1.88. The normalized spacial score (nSPS) is 10.2. The fourth-order valence-corrected chi connectivity index (χ4v) is 2.09. The van der Waals surface area contributed by atoms with Crippen LogP contribution >= 0.6 is 11.3 Å². The van der Waals surface area contributed by atoms with Gasteiger partial charge in [-0.05, 0) is 25.1 Å². The molecular formula is C12H11NO3S. The number of aromatic hydroxyl groups is 1. The zero-order chi connectivity index (χ0) is 12.4. The van der Waals surface area contributed by atoms with Crippen molar-refractivity contribution >= 4 is 17.3 Å². The largest absolute Gasteiger partial charge is 0.507 e. The third-order valence-electron chi connectivity index (χ3n) is 2.31. The Balaban J connectivity index is 2.49. The number of methoxy groups -OCH3 is 1. The van der Waals surface area contributed by atoms with E-state index in [1.165, 1.54) is 30.6 Å². The van der Waals surface area contributed by atoms with E-state index in [1.54, 1.807) is 6.07 Å². The van der Waals surface area contributed by atoms with Crippen molar-refractivity contribution in [1.29, 1.82) is 0 Å². The molecule has 2 aromatic rings. The Labute approximate surface area is 103 Å². The molecule has 0 aliphatic heterocycles. The molecule has 0 bridgehead atoms. The number of carbonyl (C=O) groups is 1. The van der Waals surface area contributed by atoms with Gasteiger partial charge in [0.1, 0.15) is 5.75 Å². The summed E-state index contributed by atoms with van der Waals surface area (Å²) >= 11 is 1.49. The van der Waals surface area contributed by atoms with Gasteiger partial charge in [-0.15, -0.1) is 11.3 Å². The van der Waals surface area contributed by atoms with E-state index in [-0.39, 0.29) is 5.75 Å². The molecule has 0 radical (unpaired) electrons. The van der Waals surface area contributed by atoms with Gasteiger partial charge in [-0.1, -0.05) is 0 Å². The number of nitrogens with zero attached hydrogens (tertiary/aromatic N) is 1. The van der Waals surface area contributed by atoms with Crippen LogP contribution in [0, 0.1) is 6.92 Å². The molecule has 17 heavy (non-hydrogen) atoms. The number of phenols is 1. The number of esters is 1. The summed E-state index contributed by atoms with van der Waals surface area (Å²) in [5, 5.41) is 12.5. The van der Waals surface area contributed by atoms with E-state index < -0.39 is 5.97 Å². The van der Waals surface area contributed by atoms with Crippen molar-refractivity contribution in [3.05, 3.63) is 34.2 Å². The minimum atomic E-state index is -0.432. The Morgan fingerprint density at radius 1 is 1.47 bits per heavy atom. The minimum Gasteiger partial charge on any atom is -0.507 e. The molecule has 88 valence electrons. The quantitative estimate of drug-likeness (QED) is 0.831. The highest BCUT2D eigenvalue weighted by atomic mass is 32.1. The number of phenolic OH excluding ortho intramolecular Hbond substituents is 1. The van der Waals surface area contributed by atoms with E-state index in [0.717, 1.165) is 5.01 Å². The Bertz CT molecular complexity index is 563. The highest BCUT2D eigenvalue weighted by molar-refractivity contribution is 7.09. The van der Waals surface area contributed by atoms with Gasteiger partial charge >= 0.3 is 5.97 Å². The lowest BCUT2D eigenvalue weighted by Crippen LogP contribution is -2.01. The molecule has 0 saturated heterocycles. The molecule has 2 rings (SSSR count). The van der Waals surface area contributed by atoms with Gasteiger partial charge in [0.2, 0.25) is 0 Å². The summed E-state index contributed by atoms with van der Waals surface area (Å²) in [5.74, 6) is -0.332. The lowest BCUT2D eigenvalue weighted by Gasteiger charge is -2.04. The number of rotatable bonds is 2. The van der Waals surface area contributed by atoms with Crippen molar-refractivity contribution in [2.75, 3.05) is 7.11 Å². The molecule has 0 aliphatic carbocycles. The second-order valence-corrected chi connectivity index (χ2v) is 4.54. The fraction of sp³-hybridized carbons (Fsp3) is 0.167. The Morgan fingerprint density at radius 2 is 2.24 bits per heavy atom. The zero-order valence-corrected chi connectivity index (χ0v) is 10.2. The molecule has 0 amide bonds. The maximum Gasteiger partial charge on any atom is 0.337 e. The van der Waals surface area contributed by atoms with Crippen molar-refractivity contribution in [3.63, 3.8) is 0 Å². The standard InChI is InChI=1S/C12H11NO3S/c1-7-13-10(6-17-7)9-5-8(12(15)16-2)3-4-11(9)14/h3-6,14H,1-2H3. The SMILES string of the molecule is COC(=O)c1ccc(O)c(-c2csc(C)n2)c1. The van der Waals surface area contributed by atoms with E-state index in [1.807, 2.05) is 12.3 Å². The maximum atomic E-state index is 11.4. The Kier molecular flexibility index (Phi) is 3.10. The topological polar surface area (TPSA) is 59.4 Å². The molecule has 0 spiro atoms. The highest BCUT2D eigenvalue weighted by Gasteiger charge is 2.12. The van der Waals surface area contributed by atoms with Crippen LogP contribution in [0.4, 0.5) is 0 Å². The monoisotopic (exact) mass is 249 g/mol. The summed E-state index contributed by atoms with van der Waals surface area (Å²) in [6, 6.07) is 4.57. The van der Waals surface area contributed by atoms with Gasteiger partial charge < -0.3 is 9.84 Å². The Hall–Kier alpha value is -1.88. The predicted octanol–water partition coefficient (Wildman–Crippen LogP) is 2.61. The first-order valence-corrected chi connectivity index (χ1v) is 5.83. The molecule has 1 aromatic heterocycles. The number of thiazole rings is 1. The van der Waals surface area contributed by atoms with Crippen LogP contribution in [0.5, 0.6) is 5.75 Å². The first kappa shape index (κ1) is 11.6. The van der Waals surface area contributed by atoms with Gasteiger partial charge in [0, 0.05) is 10.9 Å². The predicted molar refractivity (Wildman–Crippen MR) is 65.3 cm³/mol. The molecule has 0 fully saturated rings. The molecule has 1 aromatic carbocycles. The van der Waals surface area contributed by atoms with Gasteiger partial charge in [0.05, 0.1) is 23.4 Å². The van der Waals surface area contributed by atoms with Crippen LogP contribution in [-0.4, -0.2) is 23.2 Å². The minimum absolute atomic E-state index is 0.1000. The van der Waals surface area contributed by atoms with Crippen LogP contribution in [0.2, 0.25) is 0 Å². The van der Waals surface area contributed by atoms with Crippen molar-refractivity contribution in [3.8, 4) is 17.0 Å². The summed E-state index contributed by atoms with van der Waals surface area (Å²) in [6.07, 6.45) is 0. The molecule has 0 unspecified atom stereocenters. The van der Waals surface area contributed by atoms with E-state index in [0.29, 0.717) is 16.8 Å². The summed E-state index contributed by atoms with van der Waals surface area (Å²) in [7, 11) is 1.32. The van der Waals surface area contributed by atoms with Crippen molar-refractivity contribution in [2.24, 2.45) is 0 Å². The van der Waals surface area contributed by atoms with Gasteiger partial charge in [0.15, 0.2) is 0 Å². The van der Waals surface area contributed by atoms with E-state index in [2.05, 4.69) is 9.72 Å². The maximum absolute atomic E-state index is 11.4. The summed E-state index contributed by atoms with van der Waals surface area (Å²) in [5.41, 5.74) is 1.60. The second kappa shape index (κ2) is 4.55. The average Bonchev–Trinajstić information content (AvgIpc) is 2.75. The molecular weight excluding hydrogens is 238 g/mol. The summed E-state index contributed by atoms with van der Waals surface area (Å²) < 4.78 is 4.63. The molecule has 4 nitrogen and oxygen atoms in total. The van der Waals surface area contributed by atoms with Crippen LogP contribution < -0.4 is 0 Å². The Morgan fingerprint density at radius 3 is 2.82 bits per heavy atom. The number of carbonyl (C=O) groups excluding carboxylic acids is 1. The fourth-order valence-electron chi connectivity index (χ4n) is 1.47. The number of aryl methyl sites for hydroxylation is 1. The number of hydrogen-bond acceptors (Lipinski definition) is 5. The second-order valence-electron chi connectivity index (χ2n) is 3.48. The van der Waals surface area contributed by atoms with E-state index >= 15 is 0 Å². The molecule has 5 heteroatoms. The van der Waals surface area contributed by atoms with Gasteiger partial charge in [-0.2, -0.15) is 0 Å². The number of aromatic nitrogens is 1. The van der Waals surface area contributed by atoms with E-state index in [9.17, 15) is 9.90 Å². The molecule has 1 N–H and O–H groups in total. The first-order chi connectivity index (χ1) is 8.11. The van der Waals surface area contributed by atoms with Crippen molar-refractivity contribution < 1.29 is 14.6 Å². The highest BCUT2D eigenvalue weighted by Crippen LogP contribution is 2.30. The van der Waals surface area contributed by atoms with Crippen LogP contribution in [0.3, 0.4) is 0 Å². The molecule has 1 heterocycles. The smallest absolute Gasteiger partial charge is 0.337 e. The van der Waals surface area contributed by atoms with E-state index in [4.69, 9.17) is 0 Å². The molecule has 0 aliphatic rings. The lowest BCUT2D eigenvalue weighted by atomic mass is 10.1. The zero-order valence-electron chi connectivity index (χ0n) is 9.43. The van der Waals surface area contributed by atoms with Gasteiger partial charge in [-0.3, -0.25) is 0 Å².